The lowest BCUT2D eigenvalue weighted by molar-refractivity contribution is 0.261. The van der Waals surface area contributed by atoms with Crippen LogP contribution in [0.1, 0.15) is 90.4 Å². The van der Waals surface area contributed by atoms with Crippen LogP contribution in [0.25, 0.3) is 0 Å². The normalized spacial score (nSPS) is 12.3. The summed E-state index contributed by atoms with van der Waals surface area (Å²) in [5.41, 5.74) is 0. The van der Waals surface area contributed by atoms with Crippen molar-refractivity contribution in [3.8, 4) is 0 Å². The van der Waals surface area contributed by atoms with Gasteiger partial charge in [0, 0.05) is 0 Å². The molecule has 0 heterocycles. The minimum Gasteiger partial charge on any atom is -0.264 e. The first-order valence-electron chi connectivity index (χ1n) is 8.83. The number of hydrogen-bond donors (Lipinski definition) is 1. The molecule has 0 saturated carbocycles. The van der Waals surface area contributed by atoms with Crippen molar-refractivity contribution in [2.75, 3.05) is 6.61 Å². The van der Waals surface area contributed by atoms with Gasteiger partial charge in [0.15, 0.2) is 0 Å². The number of unbranched alkanes of at least 4 members (excludes halogenated alkanes) is 11. The predicted octanol–water partition coefficient (Wildman–Crippen LogP) is 5.45. The Kier molecular flexibility index (Phi) is 15.2. The van der Waals surface area contributed by atoms with Crippen molar-refractivity contribution in [2.45, 2.75) is 90.4 Å². The molecule has 0 radical (unpaired) electrons. The van der Waals surface area contributed by atoms with E-state index in [0.717, 1.165) is 25.7 Å². The van der Waals surface area contributed by atoms with E-state index >= 15 is 0 Å². The Morgan fingerprint density at radius 1 is 0.773 bits per heavy atom. The molecule has 0 aliphatic rings. The molecular weight excluding hydrogens is 300 g/mol. The van der Waals surface area contributed by atoms with Crippen LogP contribution in [0.15, 0.2) is 12.2 Å². The quantitative estimate of drug-likeness (QED) is 0.231. The second kappa shape index (κ2) is 15.5. The molecule has 0 unspecified atom stereocenters. The topological polar surface area (TPSA) is 63.6 Å². The molecule has 22 heavy (non-hydrogen) atoms. The van der Waals surface area contributed by atoms with E-state index in [4.69, 9.17) is 4.55 Å². The van der Waals surface area contributed by atoms with Crippen LogP contribution in [0.2, 0.25) is 0 Å². The summed E-state index contributed by atoms with van der Waals surface area (Å²) in [6, 6.07) is 0. The van der Waals surface area contributed by atoms with Crippen molar-refractivity contribution in [1.29, 1.82) is 0 Å². The van der Waals surface area contributed by atoms with Crippen LogP contribution in [-0.4, -0.2) is 19.6 Å². The third kappa shape index (κ3) is 19.6. The molecule has 1 N–H and O–H groups in total. The van der Waals surface area contributed by atoms with Crippen LogP contribution in [0.5, 0.6) is 0 Å². The molecule has 0 spiro atoms. The summed E-state index contributed by atoms with van der Waals surface area (Å²) < 4.78 is 33.2. The maximum atomic E-state index is 10.3. The van der Waals surface area contributed by atoms with Gasteiger partial charge in [-0.2, -0.15) is 8.42 Å². The Balaban J connectivity index is 3.14. The maximum Gasteiger partial charge on any atom is 0.397 e. The van der Waals surface area contributed by atoms with E-state index < -0.39 is 10.4 Å². The van der Waals surface area contributed by atoms with Crippen molar-refractivity contribution < 1.29 is 17.2 Å². The molecule has 0 rings (SSSR count). The number of allylic oxidation sites excluding steroid dienone is 2. The Labute approximate surface area is 137 Å². The highest BCUT2D eigenvalue weighted by molar-refractivity contribution is 7.80. The van der Waals surface area contributed by atoms with Crippen LogP contribution >= 0.6 is 0 Å². The van der Waals surface area contributed by atoms with Crippen LogP contribution in [-0.2, 0) is 14.6 Å². The van der Waals surface area contributed by atoms with E-state index in [2.05, 4.69) is 23.3 Å². The maximum absolute atomic E-state index is 10.3. The van der Waals surface area contributed by atoms with Crippen molar-refractivity contribution in [2.24, 2.45) is 0 Å². The van der Waals surface area contributed by atoms with E-state index in [0.29, 0.717) is 6.42 Å². The first-order chi connectivity index (χ1) is 10.6. The Morgan fingerprint density at radius 3 is 1.73 bits per heavy atom. The molecule has 5 heteroatoms. The van der Waals surface area contributed by atoms with Crippen molar-refractivity contribution in [1.82, 2.24) is 0 Å². The van der Waals surface area contributed by atoms with Crippen molar-refractivity contribution in [3.05, 3.63) is 12.2 Å². The van der Waals surface area contributed by atoms with Gasteiger partial charge in [-0.05, 0) is 32.1 Å². The molecule has 4 nitrogen and oxygen atoms in total. The molecule has 0 aromatic carbocycles. The Hall–Kier alpha value is -0.390. The van der Waals surface area contributed by atoms with Crippen molar-refractivity contribution >= 4 is 10.4 Å². The van der Waals surface area contributed by atoms with Crippen molar-refractivity contribution in [3.63, 3.8) is 0 Å². The SMILES string of the molecule is CCCCCCCCC=CCCCCCCCOS(=O)(=O)O. The molecule has 0 aliphatic heterocycles. The lowest BCUT2D eigenvalue weighted by Gasteiger charge is -2.00. The van der Waals surface area contributed by atoms with Gasteiger partial charge in [-0.15, -0.1) is 0 Å². The van der Waals surface area contributed by atoms with Gasteiger partial charge in [-0.25, -0.2) is 4.18 Å². The molecule has 0 aliphatic carbocycles. The zero-order valence-electron chi connectivity index (χ0n) is 14.1. The van der Waals surface area contributed by atoms with Crippen LogP contribution in [0.3, 0.4) is 0 Å². The van der Waals surface area contributed by atoms with Gasteiger partial charge in [0.25, 0.3) is 0 Å². The monoisotopic (exact) mass is 334 g/mol. The minimum atomic E-state index is -4.25. The highest BCUT2D eigenvalue weighted by atomic mass is 32.3. The molecule has 0 atom stereocenters. The predicted molar refractivity (Wildman–Crippen MR) is 92.3 cm³/mol. The summed E-state index contributed by atoms with van der Waals surface area (Å²) in [6.07, 6.45) is 20.1. The zero-order chi connectivity index (χ0) is 16.5. The third-order valence-electron chi connectivity index (χ3n) is 3.64. The molecule has 0 amide bonds. The molecule has 0 aromatic rings. The Morgan fingerprint density at radius 2 is 1.23 bits per heavy atom. The standard InChI is InChI=1S/C17H34O4S/c1-2-3-4-5-6-7-8-9-10-11-12-13-14-15-16-17-21-22(18,19)20/h9-10H,2-8,11-17H2,1H3,(H,18,19,20). The average molecular weight is 335 g/mol. The minimum absolute atomic E-state index is 0.0803. The summed E-state index contributed by atoms with van der Waals surface area (Å²) in [5, 5.41) is 0. The summed E-state index contributed by atoms with van der Waals surface area (Å²) >= 11 is 0. The summed E-state index contributed by atoms with van der Waals surface area (Å²) in [6.45, 7) is 2.33. The van der Waals surface area contributed by atoms with Gasteiger partial charge in [0.1, 0.15) is 0 Å². The first kappa shape index (κ1) is 21.6. The molecule has 0 bridgehead atoms. The summed E-state index contributed by atoms with van der Waals surface area (Å²) in [7, 11) is -4.25. The molecule has 0 saturated heterocycles. The van der Waals surface area contributed by atoms with E-state index in [-0.39, 0.29) is 6.61 Å². The zero-order valence-corrected chi connectivity index (χ0v) is 15.0. The Bertz CT molecular complexity index is 350. The lowest BCUT2D eigenvalue weighted by atomic mass is 10.1. The highest BCUT2D eigenvalue weighted by Crippen LogP contribution is 2.09. The first-order valence-corrected chi connectivity index (χ1v) is 10.2. The number of rotatable bonds is 16. The second-order valence-corrected chi connectivity index (χ2v) is 6.93. The van der Waals surface area contributed by atoms with E-state index in [1.54, 1.807) is 0 Å². The van der Waals surface area contributed by atoms with E-state index in [1.165, 1.54) is 51.4 Å². The van der Waals surface area contributed by atoms with Gasteiger partial charge < -0.3 is 0 Å². The summed E-state index contributed by atoms with van der Waals surface area (Å²) in [4.78, 5) is 0. The molecule has 0 aromatic heterocycles. The molecule has 132 valence electrons. The van der Waals surface area contributed by atoms with Gasteiger partial charge in [0.2, 0.25) is 0 Å². The lowest BCUT2D eigenvalue weighted by Crippen LogP contribution is -2.04. The van der Waals surface area contributed by atoms with E-state index in [9.17, 15) is 8.42 Å². The van der Waals surface area contributed by atoms with Gasteiger partial charge in [0.05, 0.1) is 6.61 Å². The van der Waals surface area contributed by atoms with Gasteiger partial charge in [-0.3, -0.25) is 4.55 Å². The highest BCUT2D eigenvalue weighted by Gasteiger charge is 2.02. The smallest absolute Gasteiger partial charge is 0.264 e. The van der Waals surface area contributed by atoms with Gasteiger partial charge in [-0.1, -0.05) is 70.4 Å². The third-order valence-corrected chi connectivity index (χ3v) is 4.10. The fraction of sp³-hybridized carbons (Fsp3) is 0.882. The molecule has 0 fully saturated rings. The van der Waals surface area contributed by atoms with Crippen LogP contribution < -0.4 is 0 Å². The fourth-order valence-electron chi connectivity index (χ4n) is 2.34. The second-order valence-electron chi connectivity index (χ2n) is 5.83. The summed E-state index contributed by atoms with van der Waals surface area (Å²) in [5.74, 6) is 0. The largest absolute Gasteiger partial charge is 0.397 e. The van der Waals surface area contributed by atoms with Crippen LogP contribution in [0, 0.1) is 0 Å². The fourth-order valence-corrected chi connectivity index (χ4v) is 2.67. The van der Waals surface area contributed by atoms with Crippen LogP contribution in [0.4, 0.5) is 0 Å². The van der Waals surface area contributed by atoms with E-state index in [1.807, 2.05) is 0 Å². The number of hydrogen-bond acceptors (Lipinski definition) is 3. The average Bonchev–Trinajstić information content (AvgIpc) is 2.45. The van der Waals surface area contributed by atoms with Gasteiger partial charge >= 0.3 is 10.4 Å². The molecular formula is C17H34O4S.